The van der Waals surface area contributed by atoms with Crippen LogP contribution >= 0.6 is 0 Å². The highest BCUT2D eigenvalue weighted by atomic mass is 16.4. The number of rotatable bonds is 4. The minimum Gasteiger partial charge on any atom is -0.478 e. The molecule has 0 radical (unpaired) electrons. The first-order valence-electron chi connectivity index (χ1n) is 3.97. The molecular weight excluding hydrogens is 174 g/mol. The molecule has 2 atom stereocenters. The molecule has 0 spiro atoms. The highest BCUT2D eigenvalue weighted by molar-refractivity contribution is 5.87. The van der Waals surface area contributed by atoms with Crippen LogP contribution in [0.2, 0.25) is 0 Å². The van der Waals surface area contributed by atoms with Crippen molar-refractivity contribution < 1.29 is 19.8 Å². The lowest BCUT2D eigenvalue weighted by Gasteiger charge is -2.34. The lowest BCUT2D eigenvalue weighted by atomic mass is 9.87. The number of carbonyl (C=O) groups excluding carboxylic acids is 1. The Labute approximate surface area is 75.1 Å². The zero-order valence-corrected chi connectivity index (χ0v) is 6.93. The summed E-state index contributed by atoms with van der Waals surface area (Å²) in [7, 11) is 0. The number of amides is 1. The van der Waals surface area contributed by atoms with Gasteiger partial charge in [-0.2, -0.15) is 0 Å². The first-order valence-corrected chi connectivity index (χ1v) is 3.97. The van der Waals surface area contributed by atoms with E-state index in [0.29, 0.717) is 6.42 Å². The van der Waals surface area contributed by atoms with Gasteiger partial charge in [0.25, 0.3) is 0 Å². The third-order valence-corrected chi connectivity index (χ3v) is 1.97. The lowest BCUT2D eigenvalue weighted by Crippen LogP contribution is -2.57. The summed E-state index contributed by atoms with van der Waals surface area (Å²) in [5.41, 5.74) is 0. The summed E-state index contributed by atoms with van der Waals surface area (Å²) in [6, 6.07) is -0.240. The maximum atomic E-state index is 10.9. The Morgan fingerprint density at radius 1 is 1.62 bits per heavy atom. The molecule has 0 saturated carbocycles. The van der Waals surface area contributed by atoms with E-state index in [2.05, 4.69) is 5.32 Å². The van der Waals surface area contributed by atoms with Crippen molar-refractivity contribution in [3.63, 3.8) is 0 Å². The highest BCUT2D eigenvalue weighted by Gasteiger charge is 2.36. The van der Waals surface area contributed by atoms with Crippen LogP contribution in [-0.4, -0.2) is 34.7 Å². The molecule has 0 aromatic rings. The topological polar surface area (TPSA) is 86.6 Å². The van der Waals surface area contributed by atoms with Crippen molar-refractivity contribution in [1.29, 1.82) is 0 Å². The van der Waals surface area contributed by atoms with Crippen molar-refractivity contribution in [3.8, 4) is 0 Å². The number of aliphatic carboxylic acids is 1. The number of carbonyl (C=O) groups is 2. The van der Waals surface area contributed by atoms with E-state index >= 15 is 0 Å². The van der Waals surface area contributed by atoms with Gasteiger partial charge in [-0.15, -0.1) is 0 Å². The second kappa shape index (κ2) is 4.04. The molecule has 1 fully saturated rings. The van der Waals surface area contributed by atoms with Gasteiger partial charge < -0.3 is 15.5 Å². The van der Waals surface area contributed by atoms with Gasteiger partial charge in [0.05, 0.1) is 12.0 Å². The SMILES string of the molecule is O=C(O)C=CC1NC(=O)C1CCO. The molecule has 2 unspecified atom stereocenters. The van der Waals surface area contributed by atoms with E-state index in [1.54, 1.807) is 0 Å². The van der Waals surface area contributed by atoms with Gasteiger partial charge >= 0.3 is 5.97 Å². The van der Waals surface area contributed by atoms with E-state index < -0.39 is 5.97 Å². The lowest BCUT2D eigenvalue weighted by molar-refractivity contribution is -0.135. The fourth-order valence-corrected chi connectivity index (χ4v) is 1.26. The van der Waals surface area contributed by atoms with Crippen LogP contribution in [0, 0.1) is 5.92 Å². The zero-order chi connectivity index (χ0) is 9.84. The minimum absolute atomic E-state index is 0.0600. The molecule has 1 amide bonds. The van der Waals surface area contributed by atoms with Gasteiger partial charge in [-0.25, -0.2) is 4.79 Å². The number of hydrogen-bond acceptors (Lipinski definition) is 3. The number of β-lactam (4-membered cyclic amide) rings is 1. The van der Waals surface area contributed by atoms with Crippen molar-refractivity contribution in [2.45, 2.75) is 12.5 Å². The second-order valence-corrected chi connectivity index (χ2v) is 2.85. The van der Waals surface area contributed by atoms with E-state index in [0.717, 1.165) is 6.08 Å². The minimum atomic E-state index is -1.04. The molecule has 1 saturated heterocycles. The van der Waals surface area contributed by atoms with E-state index in [4.69, 9.17) is 10.2 Å². The number of aliphatic hydroxyl groups is 1. The van der Waals surface area contributed by atoms with Gasteiger partial charge in [-0.05, 0) is 6.42 Å². The Morgan fingerprint density at radius 3 is 2.77 bits per heavy atom. The Hall–Kier alpha value is -1.36. The summed E-state index contributed by atoms with van der Waals surface area (Å²) < 4.78 is 0. The summed E-state index contributed by atoms with van der Waals surface area (Å²) in [5.74, 6) is -1.45. The quantitative estimate of drug-likeness (QED) is 0.392. The molecule has 0 aromatic heterocycles. The number of carboxylic acid groups (broad SMARTS) is 1. The van der Waals surface area contributed by atoms with Gasteiger partial charge in [0.2, 0.25) is 5.91 Å². The molecule has 1 heterocycles. The van der Waals surface area contributed by atoms with Crippen LogP contribution in [0.15, 0.2) is 12.2 Å². The number of aliphatic hydroxyl groups excluding tert-OH is 1. The van der Waals surface area contributed by atoms with E-state index in [9.17, 15) is 9.59 Å². The molecule has 0 aliphatic carbocycles. The molecule has 1 aliphatic heterocycles. The predicted octanol–water partition coefficient (Wildman–Crippen LogP) is -0.876. The average molecular weight is 185 g/mol. The third-order valence-electron chi connectivity index (χ3n) is 1.97. The van der Waals surface area contributed by atoms with Gasteiger partial charge in [0.15, 0.2) is 0 Å². The average Bonchev–Trinajstić information content (AvgIpc) is 2.07. The van der Waals surface area contributed by atoms with Crippen molar-refractivity contribution in [3.05, 3.63) is 12.2 Å². The summed E-state index contributed by atoms with van der Waals surface area (Å²) in [4.78, 5) is 21.0. The predicted molar refractivity (Wildman–Crippen MR) is 43.9 cm³/mol. The standard InChI is InChI=1S/C8H11NO4/c10-4-3-5-6(9-8(5)13)1-2-7(11)12/h1-2,5-6,10H,3-4H2,(H,9,13)(H,11,12). The molecule has 3 N–H and O–H groups in total. The van der Waals surface area contributed by atoms with Gasteiger partial charge in [0, 0.05) is 12.7 Å². The molecule has 72 valence electrons. The van der Waals surface area contributed by atoms with Crippen molar-refractivity contribution in [2.75, 3.05) is 6.61 Å². The van der Waals surface area contributed by atoms with Crippen molar-refractivity contribution in [2.24, 2.45) is 5.92 Å². The molecule has 5 nitrogen and oxygen atoms in total. The first-order chi connectivity index (χ1) is 6.15. The first kappa shape index (κ1) is 9.73. The summed E-state index contributed by atoms with van der Waals surface area (Å²) in [6.07, 6.45) is 2.79. The van der Waals surface area contributed by atoms with Crippen LogP contribution in [0.4, 0.5) is 0 Å². The smallest absolute Gasteiger partial charge is 0.328 e. The maximum absolute atomic E-state index is 10.9. The molecule has 13 heavy (non-hydrogen) atoms. The fraction of sp³-hybridized carbons (Fsp3) is 0.500. The second-order valence-electron chi connectivity index (χ2n) is 2.85. The third kappa shape index (κ3) is 2.29. The van der Waals surface area contributed by atoms with E-state index in [1.165, 1.54) is 6.08 Å². The fourth-order valence-electron chi connectivity index (χ4n) is 1.26. The van der Waals surface area contributed by atoms with Crippen LogP contribution in [0.3, 0.4) is 0 Å². The zero-order valence-electron chi connectivity index (χ0n) is 6.93. The molecule has 1 aliphatic rings. The van der Waals surface area contributed by atoms with Crippen molar-refractivity contribution in [1.82, 2.24) is 5.32 Å². The Morgan fingerprint density at radius 2 is 2.31 bits per heavy atom. The number of hydrogen-bond donors (Lipinski definition) is 3. The highest BCUT2D eigenvalue weighted by Crippen LogP contribution is 2.19. The molecule has 5 heteroatoms. The van der Waals surface area contributed by atoms with Crippen LogP contribution < -0.4 is 5.32 Å². The molecule has 1 rings (SSSR count). The van der Waals surface area contributed by atoms with E-state index in [-0.39, 0.29) is 24.5 Å². The Bertz CT molecular complexity index is 249. The van der Waals surface area contributed by atoms with Gasteiger partial charge in [-0.1, -0.05) is 6.08 Å². The van der Waals surface area contributed by atoms with E-state index in [1.807, 2.05) is 0 Å². The van der Waals surface area contributed by atoms with Crippen LogP contribution in [0.25, 0.3) is 0 Å². The summed E-state index contributed by atoms with van der Waals surface area (Å²) >= 11 is 0. The normalized spacial score (nSPS) is 27.0. The van der Waals surface area contributed by atoms with Crippen LogP contribution in [0.5, 0.6) is 0 Å². The maximum Gasteiger partial charge on any atom is 0.328 e. The summed E-state index contributed by atoms with van der Waals surface area (Å²) in [6.45, 7) is -0.0600. The molecule has 0 bridgehead atoms. The monoisotopic (exact) mass is 185 g/mol. The molecular formula is C8H11NO4. The number of nitrogens with one attached hydrogen (secondary N) is 1. The van der Waals surface area contributed by atoms with Crippen LogP contribution in [-0.2, 0) is 9.59 Å². The number of carboxylic acids is 1. The Kier molecular flexibility index (Phi) is 3.02. The van der Waals surface area contributed by atoms with Gasteiger partial charge in [-0.3, -0.25) is 4.79 Å². The summed E-state index contributed by atoms with van der Waals surface area (Å²) in [5, 5.41) is 19.4. The van der Waals surface area contributed by atoms with Crippen LogP contribution in [0.1, 0.15) is 6.42 Å². The Balaban J connectivity index is 2.44. The van der Waals surface area contributed by atoms with Crippen molar-refractivity contribution >= 4 is 11.9 Å². The largest absolute Gasteiger partial charge is 0.478 e. The van der Waals surface area contributed by atoms with Gasteiger partial charge in [0.1, 0.15) is 0 Å². The molecule has 0 aromatic carbocycles.